The highest BCUT2D eigenvalue weighted by Gasteiger charge is 2.24. The number of halogens is 1. The van der Waals surface area contributed by atoms with Crippen LogP contribution in [-0.4, -0.2) is 47.9 Å². The Morgan fingerprint density at radius 2 is 1.90 bits per heavy atom. The molecule has 0 amide bonds. The summed E-state index contributed by atoms with van der Waals surface area (Å²) in [5.41, 5.74) is 8.03. The van der Waals surface area contributed by atoms with Crippen LogP contribution in [0.5, 0.6) is 11.6 Å². The quantitative estimate of drug-likeness (QED) is 0.262. The molecule has 0 unspecified atom stereocenters. The van der Waals surface area contributed by atoms with Crippen LogP contribution in [0.4, 0.5) is 5.95 Å². The van der Waals surface area contributed by atoms with E-state index < -0.39 is 0 Å². The van der Waals surface area contributed by atoms with E-state index in [0.717, 1.165) is 5.56 Å². The second kappa shape index (κ2) is 9.93. The predicted molar refractivity (Wildman–Crippen MR) is 111 cm³/mol. The van der Waals surface area contributed by atoms with E-state index in [2.05, 4.69) is 31.0 Å². The summed E-state index contributed by atoms with van der Waals surface area (Å²) >= 11 is 0. The maximum absolute atomic E-state index is 13.0. The first-order valence-corrected chi connectivity index (χ1v) is 9.63. The number of Topliss-reactive ketones (excluding diaryl/α,β-unsaturated/α-hetero) is 1. The molecule has 0 radical (unpaired) electrons. The van der Waals surface area contributed by atoms with E-state index in [1.54, 1.807) is 32.4 Å². The van der Waals surface area contributed by atoms with E-state index >= 15 is 0 Å². The van der Waals surface area contributed by atoms with Gasteiger partial charge >= 0.3 is 11.6 Å². The van der Waals surface area contributed by atoms with Gasteiger partial charge in [0.2, 0.25) is 5.78 Å². The fourth-order valence-corrected chi connectivity index (χ4v) is 2.94. The van der Waals surface area contributed by atoms with Crippen LogP contribution in [0.1, 0.15) is 36.7 Å². The standard InChI is InChI=1S/C21H28N5O4.ClH/c1-21(2,3)15-10-14(11-16(12-15)29-5)17(27)13-25-19-7-6-18(30-9-8-28-4)23-26(19)20(22)24-25;/h6-7,10-12H,8-9,13H2,1-5H3,(H2,22,24);1H/q+1;/p-1. The summed E-state index contributed by atoms with van der Waals surface area (Å²) in [7, 11) is 3.19. The van der Waals surface area contributed by atoms with Crippen molar-refractivity contribution in [3.05, 3.63) is 41.5 Å². The van der Waals surface area contributed by atoms with Gasteiger partial charge in [0.1, 0.15) is 12.4 Å². The largest absolute Gasteiger partial charge is 1.00 e. The van der Waals surface area contributed by atoms with Crippen molar-refractivity contribution in [2.24, 2.45) is 0 Å². The molecule has 0 bridgehead atoms. The summed E-state index contributed by atoms with van der Waals surface area (Å²) in [6, 6.07) is 9.05. The van der Waals surface area contributed by atoms with Crippen molar-refractivity contribution in [2.75, 3.05) is 33.2 Å². The molecule has 1 aromatic carbocycles. The Morgan fingerprint density at radius 3 is 2.55 bits per heavy atom. The normalized spacial score (nSPS) is 11.3. The van der Waals surface area contributed by atoms with Crippen molar-refractivity contribution < 1.29 is 36.1 Å². The highest BCUT2D eigenvalue weighted by molar-refractivity contribution is 5.95. The van der Waals surface area contributed by atoms with Crippen molar-refractivity contribution in [1.29, 1.82) is 0 Å². The van der Waals surface area contributed by atoms with Crippen LogP contribution in [0, 0.1) is 0 Å². The monoisotopic (exact) mass is 449 g/mol. The van der Waals surface area contributed by atoms with Gasteiger partial charge in [0, 0.05) is 24.8 Å². The number of hydrogen-bond donors (Lipinski definition) is 1. The maximum Gasteiger partial charge on any atom is 0.355 e. The minimum absolute atomic E-state index is 0. The van der Waals surface area contributed by atoms with E-state index in [1.165, 1.54) is 9.20 Å². The number of nitrogens with two attached hydrogens (primary N) is 1. The Bertz CT molecular complexity index is 1060. The smallest absolute Gasteiger partial charge is 0.355 e. The fourth-order valence-electron chi connectivity index (χ4n) is 2.94. The van der Waals surface area contributed by atoms with Crippen LogP contribution in [0.25, 0.3) is 5.65 Å². The number of carbonyl (C=O) groups is 1. The third-order valence-corrected chi connectivity index (χ3v) is 4.66. The van der Waals surface area contributed by atoms with Crippen molar-refractivity contribution >= 4 is 17.4 Å². The second-order valence-corrected chi connectivity index (χ2v) is 7.92. The predicted octanol–water partition coefficient (Wildman–Crippen LogP) is -1.18. The van der Waals surface area contributed by atoms with Crippen molar-refractivity contribution in [1.82, 2.24) is 14.7 Å². The maximum atomic E-state index is 13.0. The first-order valence-electron chi connectivity index (χ1n) is 9.63. The molecule has 0 aliphatic heterocycles. The van der Waals surface area contributed by atoms with E-state index in [4.69, 9.17) is 19.9 Å². The zero-order valence-electron chi connectivity index (χ0n) is 18.4. The third-order valence-electron chi connectivity index (χ3n) is 4.66. The molecule has 3 rings (SSSR count). The van der Waals surface area contributed by atoms with Gasteiger partial charge in [0.25, 0.3) is 5.88 Å². The molecule has 3 aromatic rings. The Balaban J connectivity index is 0.00000341. The Kier molecular flexibility index (Phi) is 7.80. The van der Waals surface area contributed by atoms with Crippen LogP contribution >= 0.6 is 0 Å². The number of nitrogens with zero attached hydrogens (tertiary/aromatic N) is 4. The SMILES string of the molecule is COCCOc1ccc2n(n1)c(N)n[n+]2CC(=O)c1cc(OC)cc(C(C)(C)C)c1.[Cl-]. The molecular weight excluding hydrogens is 422 g/mol. The number of rotatable bonds is 8. The molecular formula is C21H28ClN5O4. The molecule has 31 heavy (non-hydrogen) atoms. The Morgan fingerprint density at radius 1 is 1.16 bits per heavy atom. The number of fused-ring (bicyclic) bond motifs is 1. The number of benzene rings is 1. The van der Waals surface area contributed by atoms with E-state index in [-0.39, 0.29) is 36.1 Å². The Labute approximate surface area is 187 Å². The van der Waals surface area contributed by atoms with Gasteiger partial charge in [-0.2, -0.15) is 0 Å². The third kappa shape index (κ3) is 5.62. The molecule has 10 heteroatoms. The van der Waals surface area contributed by atoms with Gasteiger partial charge in [-0.1, -0.05) is 25.3 Å². The first-order chi connectivity index (χ1) is 14.2. The van der Waals surface area contributed by atoms with E-state index in [9.17, 15) is 4.79 Å². The molecule has 0 saturated carbocycles. The number of ether oxygens (including phenoxy) is 3. The van der Waals surface area contributed by atoms with Gasteiger partial charge in [0.15, 0.2) is 6.54 Å². The van der Waals surface area contributed by atoms with E-state index in [1.807, 2.05) is 12.1 Å². The molecule has 2 N–H and O–H groups in total. The van der Waals surface area contributed by atoms with Gasteiger partial charge in [-0.15, -0.1) is 4.68 Å². The molecule has 0 atom stereocenters. The molecule has 168 valence electrons. The number of aromatic nitrogens is 4. The number of ketones is 1. The average Bonchev–Trinajstić information content (AvgIpc) is 3.02. The van der Waals surface area contributed by atoms with Crippen molar-refractivity contribution in [3.63, 3.8) is 0 Å². The van der Waals surface area contributed by atoms with Gasteiger partial charge in [-0.05, 0) is 39.4 Å². The first kappa shape index (κ1) is 24.4. The highest BCUT2D eigenvalue weighted by atomic mass is 35.5. The molecule has 0 fully saturated rings. The lowest BCUT2D eigenvalue weighted by Gasteiger charge is -2.20. The average molecular weight is 450 g/mol. The summed E-state index contributed by atoms with van der Waals surface area (Å²) < 4.78 is 18.8. The lowest BCUT2D eigenvalue weighted by atomic mass is 9.85. The van der Waals surface area contributed by atoms with Crippen LogP contribution in [0.2, 0.25) is 0 Å². The van der Waals surface area contributed by atoms with Gasteiger partial charge in [-0.3, -0.25) is 4.79 Å². The van der Waals surface area contributed by atoms with Gasteiger partial charge in [0.05, 0.1) is 13.7 Å². The Hall–Kier alpha value is -2.91. The molecule has 0 spiro atoms. The molecule has 2 heterocycles. The zero-order valence-corrected chi connectivity index (χ0v) is 19.1. The van der Waals surface area contributed by atoms with E-state index in [0.29, 0.717) is 36.1 Å². The minimum Gasteiger partial charge on any atom is -1.00 e. The fraction of sp³-hybridized carbons (Fsp3) is 0.429. The van der Waals surface area contributed by atoms with Crippen LogP contribution in [-0.2, 0) is 16.7 Å². The number of methoxy groups -OCH3 is 2. The van der Waals surface area contributed by atoms with Gasteiger partial charge in [-0.25, -0.2) is 0 Å². The number of hydrogen-bond acceptors (Lipinski definition) is 7. The van der Waals surface area contributed by atoms with Crippen molar-refractivity contribution in [3.8, 4) is 11.6 Å². The lowest BCUT2D eigenvalue weighted by Crippen LogP contribution is -3.00. The lowest BCUT2D eigenvalue weighted by molar-refractivity contribution is -0.714. The van der Waals surface area contributed by atoms with Crippen LogP contribution < -0.4 is 32.3 Å². The zero-order chi connectivity index (χ0) is 21.9. The minimum atomic E-state index is -0.120. The molecule has 0 aliphatic carbocycles. The summed E-state index contributed by atoms with van der Waals surface area (Å²) in [6.45, 7) is 7.10. The van der Waals surface area contributed by atoms with Gasteiger partial charge < -0.3 is 32.4 Å². The summed E-state index contributed by atoms with van der Waals surface area (Å²) in [5, 5.41) is 8.59. The van der Waals surface area contributed by atoms with Crippen LogP contribution in [0.15, 0.2) is 30.3 Å². The van der Waals surface area contributed by atoms with Crippen molar-refractivity contribution in [2.45, 2.75) is 32.7 Å². The van der Waals surface area contributed by atoms with Crippen LogP contribution in [0.3, 0.4) is 0 Å². The summed E-state index contributed by atoms with van der Waals surface area (Å²) in [6.07, 6.45) is 0. The second-order valence-electron chi connectivity index (χ2n) is 7.92. The topological polar surface area (TPSA) is 105 Å². The number of nitrogen functional groups attached to an aromatic ring is 1. The summed E-state index contributed by atoms with van der Waals surface area (Å²) in [4.78, 5) is 13.0. The summed E-state index contributed by atoms with van der Waals surface area (Å²) in [5.74, 6) is 1.09. The number of anilines is 1. The molecule has 0 aliphatic rings. The molecule has 0 saturated heterocycles. The number of carbonyl (C=O) groups excluding carboxylic acids is 1. The molecule has 9 nitrogen and oxygen atoms in total. The molecule has 2 aromatic heterocycles. The highest BCUT2D eigenvalue weighted by Crippen LogP contribution is 2.28.